The van der Waals surface area contributed by atoms with Gasteiger partial charge in [0.2, 0.25) is 5.91 Å². The number of nitrogens with zero attached hydrogens (tertiary/aromatic N) is 1. The number of esters is 1. The molecule has 0 saturated carbocycles. The summed E-state index contributed by atoms with van der Waals surface area (Å²) >= 11 is 0. The molecule has 2 amide bonds. The van der Waals surface area contributed by atoms with Gasteiger partial charge < -0.3 is 19.9 Å². The Kier molecular flexibility index (Phi) is 5.76. The molecule has 26 heavy (non-hydrogen) atoms. The van der Waals surface area contributed by atoms with Crippen molar-refractivity contribution < 1.29 is 23.5 Å². The molecule has 0 atom stereocenters. The summed E-state index contributed by atoms with van der Waals surface area (Å²) in [4.78, 5) is 40.6. The van der Waals surface area contributed by atoms with Crippen molar-refractivity contribution in [2.75, 3.05) is 26.0 Å². The van der Waals surface area contributed by atoms with Crippen LogP contribution in [0, 0.1) is 19.7 Å². The monoisotopic (exact) mass is 361 g/mol. The number of hydrogen-bond acceptors (Lipinski definition) is 4. The first kappa shape index (κ1) is 19.2. The highest BCUT2D eigenvalue weighted by molar-refractivity contribution is 6.02. The number of aryl methyl sites for hydroxylation is 1. The molecule has 2 aromatic rings. The normalized spacial score (nSPS) is 10.3. The second kappa shape index (κ2) is 7.81. The average molecular weight is 361 g/mol. The number of H-pyrrole nitrogens is 1. The molecule has 1 aromatic heterocycles. The van der Waals surface area contributed by atoms with E-state index >= 15 is 0 Å². The van der Waals surface area contributed by atoms with E-state index in [1.165, 1.54) is 43.3 Å². The molecule has 0 aliphatic rings. The van der Waals surface area contributed by atoms with Gasteiger partial charge in [-0.15, -0.1) is 0 Å². The second-order valence-corrected chi connectivity index (χ2v) is 5.83. The molecule has 0 unspecified atom stereocenters. The van der Waals surface area contributed by atoms with Crippen molar-refractivity contribution in [2.24, 2.45) is 0 Å². The minimum absolute atomic E-state index is 0.207. The molecular formula is C18H20FN3O4. The molecule has 2 N–H and O–H groups in total. The molecule has 0 aliphatic carbocycles. The second-order valence-electron chi connectivity index (χ2n) is 5.83. The van der Waals surface area contributed by atoms with Crippen molar-refractivity contribution >= 4 is 23.5 Å². The maximum atomic E-state index is 12.9. The smallest absolute Gasteiger partial charge is 0.339 e. The minimum atomic E-state index is -0.535. The van der Waals surface area contributed by atoms with Gasteiger partial charge in [0.15, 0.2) is 0 Å². The van der Waals surface area contributed by atoms with Crippen LogP contribution in [-0.2, 0) is 9.53 Å². The fraction of sp³-hybridized carbons (Fsp3) is 0.278. The van der Waals surface area contributed by atoms with Gasteiger partial charge in [0, 0.05) is 18.4 Å². The molecule has 2 rings (SSSR count). The number of rotatable bonds is 5. The Hall–Kier alpha value is -3.16. The number of aromatic nitrogens is 1. The molecule has 0 radical (unpaired) electrons. The Labute approximate surface area is 150 Å². The van der Waals surface area contributed by atoms with Crippen LogP contribution in [-0.4, -0.2) is 48.4 Å². The zero-order chi connectivity index (χ0) is 19.4. The van der Waals surface area contributed by atoms with Crippen molar-refractivity contribution in [3.63, 3.8) is 0 Å². The maximum Gasteiger partial charge on any atom is 0.339 e. The summed E-state index contributed by atoms with van der Waals surface area (Å²) in [5.41, 5.74) is 1.93. The van der Waals surface area contributed by atoms with Gasteiger partial charge >= 0.3 is 5.97 Å². The summed E-state index contributed by atoms with van der Waals surface area (Å²) in [5, 5.41) is 2.58. The Bertz CT molecular complexity index is 843. The number of likely N-dealkylation sites (N-methyl/N-ethyl adjacent to an activating group) is 1. The van der Waals surface area contributed by atoms with Crippen LogP contribution in [0.3, 0.4) is 0 Å². The third-order valence-electron chi connectivity index (χ3n) is 3.90. The van der Waals surface area contributed by atoms with E-state index in [0.29, 0.717) is 22.5 Å². The van der Waals surface area contributed by atoms with Gasteiger partial charge in [-0.3, -0.25) is 9.59 Å². The molecule has 7 nitrogen and oxygen atoms in total. The van der Waals surface area contributed by atoms with Crippen LogP contribution in [0.25, 0.3) is 0 Å². The summed E-state index contributed by atoms with van der Waals surface area (Å²) in [6, 6.07) is 5.31. The Morgan fingerprint density at radius 3 is 2.38 bits per heavy atom. The molecular weight excluding hydrogens is 341 g/mol. The van der Waals surface area contributed by atoms with Crippen molar-refractivity contribution in [1.29, 1.82) is 0 Å². The largest absolute Gasteiger partial charge is 0.465 e. The topological polar surface area (TPSA) is 91.5 Å². The zero-order valence-corrected chi connectivity index (χ0v) is 15.0. The number of carbonyl (C=O) groups is 3. The van der Waals surface area contributed by atoms with Gasteiger partial charge in [-0.05, 0) is 43.7 Å². The number of aromatic amines is 1. The lowest BCUT2D eigenvalue weighted by molar-refractivity contribution is -0.116. The Morgan fingerprint density at radius 1 is 1.19 bits per heavy atom. The highest BCUT2D eigenvalue weighted by Crippen LogP contribution is 2.20. The lowest BCUT2D eigenvalue weighted by Crippen LogP contribution is -2.35. The number of ether oxygens (including phenoxy) is 1. The maximum absolute atomic E-state index is 12.9. The van der Waals surface area contributed by atoms with Crippen LogP contribution in [0.5, 0.6) is 0 Å². The molecule has 0 saturated heterocycles. The summed E-state index contributed by atoms with van der Waals surface area (Å²) in [5.74, 6) is -1.81. The number of hydrogen-bond donors (Lipinski definition) is 2. The first-order chi connectivity index (χ1) is 12.2. The van der Waals surface area contributed by atoms with E-state index in [1.807, 2.05) is 0 Å². The third kappa shape index (κ3) is 4.08. The molecule has 1 heterocycles. The number of anilines is 1. The molecule has 0 fully saturated rings. The van der Waals surface area contributed by atoms with Crippen molar-refractivity contribution in [1.82, 2.24) is 9.88 Å². The quantitative estimate of drug-likeness (QED) is 0.799. The van der Waals surface area contributed by atoms with Gasteiger partial charge in [-0.2, -0.15) is 0 Å². The molecule has 8 heteroatoms. The number of benzene rings is 1. The van der Waals surface area contributed by atoms with Gasteiger partial charge in [0.05, 0.1) is 19.2 Å². The SMILES string of the molecule is COC(=O)c1c(C)[nH]c(C(=O)N(C)CC(=O)Nc2ccc(F)cc2)c1C. The Morgan fingerprint density at radius 2 is 1.81 bits per heavy atom. The molecule has 0 bridgehead atoms. The fourth-order valence-electron chi connectivity index (χ4n) is 2.58. The molecule has 0 aliphatic heterocycles. The van der Waals surface area contributed by atoms with E-state index in [4.69, 9.17) is 4.74 Å². The lowest BCUT2D eigenvalue weighted by atomic mass is 10.1. The predicted molar refractivity (Wildman–Crippen MR) is 93.6 cm³/mol. The van der Waals surface area contributed by atoms with Crippen LogP contribution in [0.4, 0.5) is 10.1 Å². The van der Waals surface area contributed by atoms with Crippen LogP contribution < -0.4 is 5.32 Å². The molecule has 1 aromatic carbocycles. The van der Waals surface area contributed by atoms with Crippen LogP contribution in [0.15, 0.2) is 24.3 Å². The molecule has 138 valence electrons. The number of halogens is 1. The minimum Gasteiger partial charge on any atom is -0.465 e. The number of carbonyl (C=O) groups excluding carboxylic acids is 3. The van der Waals surface area contributed by atoms with Crippen LogP contribution >= 0.6 is 0 Å². The van der Waals surface area contributed by atoms with Crippen molar-refractivity contribution in [2.45, 2.75) is 13.8 Å². The van der Waals surface area contributed by atoms with Gasteiger partial charge in [-0.25, -0.2) is 9.18 Å². The van der Waals surface area contributed by atoms with E-state index in [2.05, 4.69) is 10.3 Å². The van der Waals surface area contributed by atoms with E-state index in [1.54, 1.807) is 13.8 Å². The van der Waals surface area contributed by atoms with Gasteiger partial charge in [-0.1, -0.05) is 0 Å². The van der Waals surface area contributed by atoms with Gasteiger partial charge in [0.25, 0.3) is 5.91 Å². The third-order valence-corrected chi connectivity index (χ3v) is 3.90. The number of amides is 2. The number of methoxy groups -OCH3 is 1. The highest BCUT2D eigenvalue weighted by atomic mass is 19.1. The van der Waals surface area contributed by atoms with E-state index in [9.17, 15) is 18.8 Å². The van der Waals surface area contributed by atoms with E-state index in [-0.39, 0.29) is 12.2 Å². The fourth-order valence-corrected chi connectivity index (χ4v) is 2.58. The zero-order valence-electron chi connectivity index (χ0n) is 15.0. The summed E-state index contributed by atoms with van der Waals surface area (Å²) in [6.45, 7) is 3.09. The van der Waals surface area contributed by atoms with Crippen molar-refractivity contribution in [3.05, 3.63) is 52.6 Å². The summed E-state index contributed by atoms with van der Waals surface area (Å²) in [6.07, 6.45) is 0. The van der Waals surface area contributed by atoms with Crippen LogP contribution in [0.2, 0.25) is 0 Å². The summed E-state index contributed by atoms with van der Waals surface area (Å²) < 4.78 is 17.6. The molecule has 0 spiro atoms. The first-order valence-electron chi connectivity index (χ1n) is 7.83. The first-order valence-corrected chi connectivity index (χ1v) is 7.83. The van der Waals surface area contributed by atoms with E-state index in [0.717, 1.165) is 0 Å². The Balaban J connectivity index is 2.08. The van der Waals surface area contributed by atoms with E-state index < -0.39 is 23.6 Å². The average Bonchev–Trinajstić information content (AvgIpc) is 2.90. The predicted octanol–water partition coefficient (Wildman–Crippen LogP) is 2.27. The van der Waals surface area contributed by atoms with Crippen molar-refractivity contribution in [3.8, 4) is 0 Å². The lowest BCUT2D eigenvalue weighted by Gasteiger charge is -2.16. The summed E-state index contributed by atoms with van der Waals surface area (Å²) in [7, 11) is 2.74. The standard InChI is InChI=1S/C18H20FN3O4/c1-10-15(18(25)26-4)11(2)20-16(10)17(24)22(3)9-14(23)21-13-7-5-12(19)6-8-13/h5-8,20H,9H2,1-4H3,(H,21,23). The van der Waals surface area contributed by atoms with Crippen LogP contribution in [0.1, 0.15) is 32.1 Å². The number of nitrogens with one attached hydrogen (secondary N) is 2. The highest BCUT2D eigenvalue weighted by Gasteiger charge is 2.25. The van der Waals surface area contributed by atoms with Gasteiger partial charge in [0.1, 0.15) is 11.5 Å².